The molecule has 1 heterocycles. The lowest BCUT2D eigenvalue weighted by Crippen LogP contribution is -2.24. The summed E-state index contributed by atoms with van der Waals surface area (Å²) in [6, 6.07) is 13.2. The SMILES string of the molecule is CC(C)c1nnc(NC(=O)c2ccc(Cl)c(S(=O)(=O)NCc3ccccc3)c2)s1. The third kappa shape index (κ3) is 5.39. The van der Waals surface area contributed by atoms with Crippen molar-refractivity contribution in [2.45, 2.75) is 31.2 Å². The van der Waals surface area contributed by atoms with Crippen molar-refractivity contribution < 1.29 is 13.2 Å². The van der Waals surface area contributed by atoms with E-state index in [9.17, 15) is 13.2 Å². The predicted octanol–water partition coefficient (Wildman–Crippen LogP) is 4.05. The zero-order chi connectivity index (χ0) is 21.0. The van der Waals surface area contributed by atoms with Gasteiger partial charge in [0.1, 0.15) is 9.90 Å². The lowest BCUT2D eigenvalue weighted by molar-refractivity contribution is 0.102. The van der Waals surface area contributed by atoms with Crippen LogP contribution in [0.5, 0.6) is 0 Å². The number of halogens is 1. The van der Waals surface area contributed by atoms with Crippen LogP contribution in [-0.2, 0) is 16.6 Å². The van der Waals surface area contributed by atoms with Crippen molar-refractivity contribution in [1.82, 2.24) is 14.9 Å². The van der Waals surface area contributed by atoms with Crippen molar-refractivity contribution in [2.75, 3.05) is 5.32 Å². The van der Waals surface area contributed by atoms with E-state index in [0.717, 1.165) is 10.6 Å². The van der Waals surface area contributed by atoms with Gasteiger partial charge in [-0.2, -0.15) is 0 Å². The van der Waals surface area contributed by atoms with Gasteiger partial charge in [0.05, 0.1) is 5.02 Å². The molecule has 3 rings (SSSR count). The summed E-state index contributed by atoms with van der Waals surface area (Å²) >= 11 is 7.37. The monoisotopic (exact) mass is 450 g/mol. The number of aromatic nitrogens is 2. The van der Waals surface area contributed by atoms with Crippen LogP contribution in [0.25, 0.3) is 0 Å². The Morgan fingerprint density at radius 3 is 2.52 bits per heavy atom. The number of rotatable bonds is 7. The lowest BCUT2D eigenvalue weighted by Gasteiger charge is -2.10. The molecule has 3 aromatic rings. The van der Waals surface area contributed by atoms with Gasteiger partial charge in [-0.05, 0) is 23.8 Å². The van der Waals surface area contributed by atoms with Crippen LogP contribution in [0, 0.1) is 0 Å². The zero-order valence-electron chi connectivity index (χ0n) is 15.7. The Labute approximate surface area is 178 Å². The Morgan fingerprint density at radius 2 is 1.86 bits per heavy atom. The van der Waals surface area contributed by atoms with E-state index < -0.39 is 15.9 Å². The second-order valence-electron chi connectivity index (χ2n) is 6.51. The van der Waals surface area contributed by atoms with Gasteiger partial charge in [-0.15, -0.1) is 10.2 Å². The van der Waals surface area contributed by atoms with E-state index in [1.165, 1.54) is 29.5 Å². The molecule has 0 saturated carbocycles. The number of anilines is 1. The Morgan fingerprint density at radius 1 is 1.14 bits per heavy atom. The first-order valence-corrected chi connectivity index (χ1v) is 11.4. The third-order valence-electron chi connectivity index (χ3n) is 3.95. The first-order valence-electron chi connectivity index (χ1n) is 8.74. The van der Waals surface area contributed by atoms with Crippen molar-refractivity contribution in [3.05, 3.63) is 69.7 Å². The van der Waals surface area contributed by atoms with Gasteiger partial charge in [0.2, 0.25) is 15.2 Å². The molecule has 0 bridgehead atoms. The summed E-state index contributed by atoms with van der Waals surface area (Å²) in [5.74, 6) is -0.297. The second kappa shape index (κ2) is 9.00. The normalized spacial score (nSPS) is 11.6. The largest absolute Gasteiger partial charge is 0.296 e. The van der Waals surface area contributed by atoms with Gasteiger partial charge in [-0.25, -0.2) is 13.1 Å². The van der Waals surface area contributed by atoms with Crippen LogP contribution >= 0.6 is 22.9 Å². The lowest BCUT2D eigenvalue weighted by atomic mass is 10.2. The summed E-state index contributed by atoms with van der Waals surface area (Å²) in [6.07, 6.45) is 0. The maximum Gasteiger partial charge on any atom is 0.257 e. The number of carbonyl (C=O) groups excluding carboxylic acids is 1. The van der Waals surface area contributed by atoms with Crippen molar-refractivity contribution in [3.63, 3.8) is 0 Å². The van der Waals surface area contributed by atoms with Crippen molar-refractivity contribution in [1.29, 1.82) is 0 Å². The molecular weight excluding hydrogens is 432 g/mol. The van der Waals surface area contributed by atoms with Crippen molar-refractivity contribution in [2.24, 2.45) is 0 Å². The number of hydrogen-bond donors (Lipinski definition) is 2. The summed E-state index contributed by atoms with van der Waals surface area (Å²) in [5, 5.41) is 11.8. The maximum atomic E-state index is 12.7. The molecule has 0 atom stereocenters. The van der Waals surface area contributed by atoms with E-state index >= 15 is 0 Å². The molecule has 152 valence electrons. The number of nitrogens with zero attached hydrogens (tertiary/aromatic N) is 2. The minimum atomic E-state index is -3.91. The van der Waals surface area contributed by atoms with Gasteiger partial charge in [0, 0.05) is 18.0 Å². The summed E-state index contributed by atoms with van der Waals surface area (Å²) < 4.78 is 27.9. The minimum Gasteiger partial charge on any atom is -0.296 e. The van der Waals surface area contributed by atoms with Gasteiger partial charge >= 0.3 is 0 Å². The average Bonchev–Trinajstić information content (AvgIpc) is 3.16. The highest BCUT2D eigenvalue weighted by atomic mass is 35.5. The van der Waals surface area contributed by atoms with Crippen molar-refractivity contribution in [3.8, 4) is 0 Å². The number of carbonyl (C=O) groups is 1. The number of benzene rings is 2. The average molecular weight is 451 g/mol. The number of sulfonamides is 1. The van der Waals surface area contributed by atoms with Crippen LogP contribution in [0.1, 0.15) is 40.7 Å². The van der Waals surface area contributed by atoms with Crippen LogP contribution in [0.15, 0.2) is 53.4 Å². The van der Waals surface area contributed by atoms with Gasteiger partial charge in [-0.3, -0.25) is 10.1 Å². The standard InChI is InChI=1S/C19H19ClN4O3S2/c1-12(2)18-23-24-19(28-18)22-17(25)14-8-9-15(20)16(10-14)29(26,27)21-11-13-6-4-3-5-7-13/h3-10,12,21H,11H2,1-2H3,(H,22,24,25). The molecule has 29 heavy (non-hydrogen) atoms. The highest BCUT2D eigenvalue weighted by molar-refractivity contribution is 7.89. The van der Waals surface area contributed by atoms with Crippen molar-refractivity contribution >= 4 is 44.0 Å². The van der Waals surface area contributed by atoms with Crippen LogP contribution in [0.4, 0.5) is 5.13 Å². The van der Waals surface area contributed by atoms with Gasteiger partial charge in [0.15, 0.2) is 0 Å². The molecule has 7 nitrogen and oxygen atoms in total. The maximum absolute atomic E-state index is 12.7. The smallest absolute Gasteiger partial charge is 0.257 e. The summed E-state index contributed by atoms with van der Waals surface area (Å²) in [5.41, 5.74) is 0.953. The van der Waals surface area contributed by atoms with E-state index in [4.69, 9.17) is 11.6 Å². The highest BCUT2D eigenvalue weighted by Gasteiger charge is 2.21. The molecule has 0 spiro atoms. The first kappa shape index (κ1) is 21.4. The van der Waals surface area contributed by atoms with E-state index in [-0.39, 0.29) is 27.9 Å². The zero-order valence-corrected chi connectivity index (χ0v) is 18.1. The molecule has 0 aliphatic heterocycles. The molecule has 0 radical (unpaired) electrons. The Bertz CT molecular complexity index is 1120. The van der Waals surface area contributed by atoms with E-state index in [0.29, 0.717) is 5.13 Å². The molecule has 0 saturated heterocycles. The summed E-state index contributed by atoms with van der Waals surface area (Å²) in [7, 11) is -3.91. The molecule has 0 fully saturated rings. The fourth-order valence-electron chi connectivity index (χ4n) is 2.39. The van der Waals surface area contributed by atoms with E-state index in [1.807, 2.05) is 44.2 Å². The molecule has 2 N–H and O–H groups in total. The third-order valence-corrected chi connectivity index (χ3v) is 6.97. The van der Waals surface area contributed by atoms with Gasteiger partial charge in [-0.1, -0.05) is 67.1 Å². The van der Waals surface area contributed by atoms with Gasteiger partial charge < -0.3 is 0 Å². The Balaban J connectivity index is 1.78. The molecule has 0 aliphatic rings. The molecule has 0 unspecified atom stereocenters. The fourth-order valence-corrected chi connectivity index (χ4v) is 4.67. The van der Waals surface area contributed by atoms with Gasteiger partial charge in [0.25, 0.3) is 5.91 Å². The number of nitrogens with one attached hydrogen (secondary N) is 2. The fraction of sp³-hybridized carbons (Fsp3) is 0.211. The first-order chi connectivity index (χ1) is 13.8. The number of hydrogen-bond acceptors (Lipinski definition) is 6. The van der Waals surface area contributed by atoms with E-state index in [2.05, 4.69) is 20.2 Å². The van der Waals surface area contributed by atoms with Crippen LogP contribution in [0.2, 0.25) is 5.02 Å². The molecular formula is C19H19ClN4O3S2. The molecule has 0 aliphatic carbocycles. The predicted molar refractivity (Wildman–Crippen MR) is 114 cm³/mol. The Kier molecular flexibility index (Phi) is 6.63. The molecule has 2 aromatic carbocycles. The van der Waals surface area contributed by atoms with Crippen LogP contribution in [-0.4, -0.2) is 24.5 Å². The van der Waals surface area contributed by atoms with E-state index in [1.54, 1.807) is 0 Å². The molecule has 10 heteroatoms. The number of amides is 1. The molecule has 1 amide bonds. The van der Waals surface area contributed by atoms with Crippen LogP contribution < -0.4 is 10.0 Å². The van der Waals surface area contributed by atoms with Crippen LogP contribution in [0.3, 0.4) is 0 Å². The summed E-state index contributed by atoms with van der Waals surface area (Å²) in [6.45, 7) is 4.06. The molecule has 1 aromatic heterocycles. The summed E-state index contributed by atoms with van der Waals surface area (Å²) in [4.78, 5) is 12.4. The quantitative estimate of drug-likeness (QED) is 0.565. The topological polar surface area (TPSA) is 101 Å². The minimum absolute atomic E-state index is 0.0279. The highest BCUT2D eigenvalue weighted by Crippen LogP contribution is 2.25. The Hall–Kier alpha value is -2.33. The second-order valence-corrected chi connectivity index (χ2v) is 9.66.